The Bertz CT molecular complexity index is 104. The molecule has 14 heavy (non-hydrogen) atoms. The third-order valence-corrected chi connectivity index (χ3v) is 2.30. The van der Waals surface area contributed by atoms with E-state index in [9.17, 15) is 0 Å². The quantitative estimate of drug-likeness (QED) is 0.505. The number of ether oxygens (including phenoxy) is 2. The van der Waals surface area contributed by atoms with Gasteiger partial charge in [0.2, 0.25) is 0 Å². The van der Waals surface area contributed by atoms with Crippen LogP contribution in [0.1, 0.15) is 52.9 Å². The molecule has 0 spiro atoms. The molecule has 1 atom stereocenters. The Balaban J connectivity index is 3.15. The first kappa shape index (κ1) is 13.9. The molecule has 0 aliphatic heterocycles. The van der Waals surface area contributed by atoms with Gasteiger partial charge in [-0.1, -0.05) is 33.1 Å². The summed E-state index contributed by atoms with van der Waals surface area (Å²) < 4.78 is 11.1. The molecule has 2 heteroatoms. The monoisotopic (exact) mass is 202 g/mol. The Hall–Kier alpha value is -0.0800. The summed E-state index contributed by atoms with van der Waals surface area (Å²) in [5, 5.41) is 0. The fourth-order valence-electron chi connectivity index (χ4n) is 1.37. The third kappa shape index (κ3) is 8.52. The lowest BCUT2D eigenvalue weighted by Gasteiger charge is -2.14. The fraction of sp³-hybridized carbons (Fsp3) is 1.00. The van der Waals surface area contributed by atoms with Crippen molar-refractivity contribution in [1.82, 2.24) is 0 Å². The van der Waals surface area contributed by atoms with Gasteiger partial charge in [-0.05, 0) is 19.8 Å². The molecule has 0 radical (unpaired) electrons. The van der Waals surface area contributed by atoms with E-state index in [1.54, 1.807) is 0 Å². The van der Waals surface area contributed by atoms with Crippen LogP contribution in [-0.2, 0) is 9.47 Å². The maximum absolute atomic E-state index is 5.56. The van der Waals surface area contributed by atoms with E-state index in [1.165, 1.54) is 25.7 Å². The van der Waals surface area contributed by atoms with E-state index in [0.29, 0.717) is 6.10 Å². The first-order valence-corrected chi connectivity index (χ1v) is 6.04. The van der Waals surface area contributed by atoms with Crippen molar-refractivity contribution >= 4 is 0 Å². The minimum Gasteiger partial charge on any atom is -0.379 e. The predicted molar refractivity (Wildman–Crippen MR) is 60.7 cm³/mol. The topological polar surface area (TPSA) is 18.5 Å². The van der Waals surface area contributed by atoms with Gasteiger partial charge >= 0.3 is 0 Å². The van der Waals surface area contributed by atoms with E-state index < -0.39 is 0 Å². The number of hydrogen-bond donors (Lipinski definition) is 0. The largest absolute Gasteiger partial charge is 0.379 e. The summed E-state index contributed by atoms with van der Waals surface area (Å²) in [7, 11) is 0. The first-order valence-electron chi connectivity index (χ1n) is 6.04. The molecule has 0 saturated carbocycles. The van der Waals surface area contributed by atoms with Crippen molar-refractivity contribution in [3.8, 4) is 0 Å². The Kier molecular flexibility index (Phi) is 10.9. The second-order valence-electron chi connectivity index (χ2n) is 3.62. The van der Waals surface area contributed by atoms with Crippen molar-refractivity contribution in [2.24, 2.45) is 0 Å². The molecule has 0 saturated heterocycles. The normalized spacial score (nSPS) is 13.1. The van der Waals surface area contributed by atoms with Gasteiger partial charge in [-0.15, -0.1) is 0 Å². The van der Waals surface area contributed by atoms with Gasteiger partial charge in [0, 0.05) is 13.2 Å². The van der Waals surface area contributed by atoms with Crippen molar-refractivity contribution in [2.45, 2.75) is 59.0 Å². The molecule has 0 N–H and O–H groups in total. The summed E-state index contributed by atoms with van der Waals surface area (Å²) in [6.07, 6.45) is 6.44. The molecule has 2 nitrogen and oxygen atoms in total. The highest BCUT2D eigenvalue weighted by Gasteiger charge is 2.04. The minimum absolute atomic E-state index is 0.297. The second-order valence-corrected chi connectivity index (χ2v) is 3.62. The third-order valence-electron chi connectivity index (χ3n) is 2.30. The van der Waals surface area contributed by atoms with Gasteiger partial charge in [0.25, 0.3) is 0 Å². The smallest absolute Gasteiger partial charge is 0.0805 e. The van der Waals surface area contributed by atoms with Crippen molar-refractivity contribution < 1.29 is 9.47 Å². The van der Waals surface area contributed by atoms with Crippen LogP contribution in [0.25, 0.3) is 0 Å². The van der Waals surface area contributed by atoms with E-state index >= 15 is 0 Å². The molecule has 0 amide bonds. The Morgan fingerprint density at radius 1 is 1.00 bits per heavy atom. The van der Waals surface area contributed by atoms with E-state index in [2.05, 4.69) is 13.8 Å². The number of unbranched alkanes of at least 4 members (excludes halogenated alkanes) is 3. The van der Waals surface area contributed by atoms with E-state index in [0.717, 1.165) is 26.2 Å². The maximum Gasteiger partial charge on any atom is 0.0805 e. The molecule has 0 heterocycles. The summed E-state index contributed by atoms with van der Waals surface area (Å²) in [5.74, 6) is 0. The Labute approximate surface area is 89.0 Å². The summed E-state index contributed by atoms with van der Waals surface area (Å²) in [5.41, 5.74) is 0. The molecule has 86 valence electrons. The Morgan fingerprint density at radius 2 is 1.79 bits per heavy atom. The zero-order chi connectivity index (χ0) is 10.6. The summed E-state index contributed by atoms with van der Waals surface area (Å²) in [6.45, 7) is 8.84. The second kappa shape index (κ2) is 11.0. The molecule has 0 rings (SSSR count). The van der Waals surface area contributed by atoms with Crippen molar-refractivity contribution in [1.29, 1.82) is 0 Å². The van der Waals surface area contributed by atoms with Gasteiger partial charge in [-0.25, -0.2) is 0 Å². The predicted octanol–water partition coefficient (Wildman–Crippen LogP) is 3.40. The molecule has 0 aromatic rings. The lowest BCUT2D eigenvalue weighted by Crippen LogP contribution is -2.19. The van der Waals surface area contributed by atoms with Gasteiger partial charge in [0.05, 0.1) is 12.7 Å². The van der Waals surface area contributed by atoms with Gasteiger partial charge in [-0.3, -0.25) is 0 Å². The van der Waals surface area contributed by atoms with Crippen LogP contribution in [0.15, 0.2) is 0 Å². The lowest BCUT2D eigenvalue weighted by molar-refractivity contribution is -0.0138. The maximum atomic E-state index is 5.56. The number of rotatable bonds is 10. The molecular formula is C12H26O2. The molecule has 0 fully saturated rings. The zero-order valence-electron chi connectivity index (χ0n) is 10.1. The highest BCUT2D eigenvalue weighted by Crippen LogP contribution is 2.02. The van der Waals surface area contributed by atoms with Crippen LogP contribution < -0.4 is 0 Å². The van der Waals surface area contributed by atoms with Crippen LogP contribution in [0, 0.1) is 0 Å². The Morgan fingerprint density at radius 3 is 2.36 bits per heavy atom. The van der Waals surface area contributed by atoms with E-state index in [4.69, 9.17) is 9.47 Å². The molecule has 0 aliphatic rings. The van der Waals surface area contributed by atoms with Gasteiger partial charge in [0.15, 0.2) is 0 Å². The molecule has 0 aromatic carbocycles. The zero-order valence-corrected chi connectivity index (χ0v) is 10.1. The van der Waals surface area contributed by atoms with Gasteiger partial charge in [0.1, 0.15) is 0 Å². The van der Waals surface area contributed by atoms with E-state index in [-0.39, 0.29) is 0 Å². The lowest BCUT2D eigenvalue weighted by atomic mass is 10.2. The van der Waals surface area contributed by atoms with Crippen LogP contribution in [0.5, 0.6) is 0 Å². The highest BCUT2D eigenvalue weighted by atomic mass is 16.5. The molecule has 0 aliphatic carbocycles. The average Bonchev–Trinajstić information content (AvgIpc) is 2.21. The van der Waals surface area contributed by atoms with Crippen LogP contribution >= 0.6 is 0 Å². The molecule has 1 unspecified atom stereocenters. The number of hydrogen-bond acceptors (Lipinski definition) is 2. The summed E-state index contributed by atoms with van der Waals surface area (Å²) >= 11 is 0. The SMILES string of the molecule is CCCCCCOCC(CC)OCC. The van der Waals surface area contributed by atoms with Crippen LogP contribution in [-0.4, -0.2) is 25.9 Å². The molecule has 0 aromatic heterocycles. The highest BCUT2D eigenvalue weighted by molar-refractivity contribution is 4.52. The summed E-state index contributed by atoms with van der Waals surface area (Å²) in [4.78, 5) is 0. The van der Waals surface area contributed by atoms with Crippen LogP contribution in [0.3, 0.4) is 0 Å². The van der Waals surface area contributed by atoms with Crippen molar-refractivity contribution in [3.63, 3.8) is 0 Å². The van der Waals surface area contributed by atoms with E-state index in [1.807, 2.05) is 6.92 Å². The fourth-order valence-corrected chi connectivity index (χ4v) is 1.37. The van der Waals surface area contributed by atoms with Crippen molar-refractivity contribution in [2.75, 3.05) is 19.8 Å². The molecular weight excluding hydrogens is 176 g/mol. The summed E-state index contributed by atoms with van der Waals surface area (Å²) in [6, 6.07) is 0. The van der Waals surface area contributed by atoms with Crippen LogP contribution in [0.4, 0.5) is 0 Å². The average molecular weight is 202 g/mol. The minimum atomic E-state index is 0.297. The standard InChI is InChI=1S/C12H26O2/c1-4-7-8-9-10-13-11-12(5-2)14-6-3/h12H,4-11H2,1-3H3. The van der Waals surface area contributed by atoms with Crippen molar-refractivity contribution in [3.05, 3.63) is 0 Å². The van der Waals surface area contributed by atoms with Gasteiger partial charge < -0.3 is 9.47 Å². The molecule has 0 bridgehead atoms. The van der Waals surface area contributed by atoms with Gasteiger partial charge in [-0.2, -0.15) is 0 Å². The first-order chi connectivity index (χ1) is 6.85. The van der Waals surface area contributed by atoms with Crippen LogP contribution in [0.2, 0.25) is 0 Å².